The van der Waals surface area contributed by atoms with Gasteiger partial charge in [0, 0.05) is 57.5 Å². The number of Topliss-reactive ketones (excluding diaryl/α,β-unsaturated/α-hetero) is 1. The van der Waals surface area contributed by atoms with Gasteiger partial charge in [0.25, 0.3) is 0 Å². The third-order valence-corrected chi connectivity index (χ3v) is 12.4. The first-order chi connectivity index (χ1) is 34.8. The Labute approximate surface area is 430 Å². The minimum Gasteiger partial charge on any atom is -0.481 e. The Morgan fingerprint density at radius 2 is 0.740 bits per heavy atom. The number of hydrogen-bond donors (Lipinski definition) is 11. The number of ketones is 1. The summed E-state index contributed by atoms with van der Waals surface area (Å²) >= 11 is 0. The second kappa shape index (κ2) is 42.8. The number of amides is 5. The molecular weight excluding hydrogens is 953 g/mol. The van der Waals surface area contributed by atoms with Crippen molar-refractivity contribution in [2.45, 2.75) is 243 Å². The van der Waals surface area contributed by atoms with Crippen LogP contribution in [-0.2, 0) is 52.7 Å². The molecule has 0 aliphatic heterocycles. The minimum atomic E-state index is -1.61. The summed E-state index contributed by atoms with van der Waals surface area (Å²) < 4.78 is 0. The molecule has 0 rings (SSSR count). The molecule has 73 heavy (non-hydrogen) atoms. The number of carbonyl (C=O) groups excluding carboxylic acids is 6. The highest BCUT2D eigenvalue weighted by Crippen LogP contribution is 2.15. The quantitative estimate of drug-likeness (QED) is 0.0352. The first kappa shape index (κ1) is 67.3. The fourth-order valence-electron chi connectivity index (χ4n) is 8.10. The molecule has 5 amide bonds. The molecule has 0 heterocycles. The highest BCUT2D eigenvalue weighted by atomic mass is 16.4. The van der Waals surface area contributed by atoms with E-state index >= 15 is 0 Å². The van der Waals surface area contributed by atoms with Gasteiger partial charge in [-0.3, -0.25) is 38.4 Å². The van der Waals surface area contributed by atoms with Crippen LogP contribution in [0.2, 0.25) is 0 Å². The molecule has 0 aromatic rings. The molecule has 5 unspecified atom stereocenters. The normalized spacial score (nSPS) is 13.1. The topological polar surface area (TPSA) is 361 Å². The summed E-state index contributed by atoms with van der Waals surface area (Å²) in [6, 6.07) is -5.82. The van der Waals surface area contributed by atoms with Gasteiger partial charge in [-0.25, -0.2) is 14.4 Å². The van der Waals surface area contributed by atoms with Crippen molar-refractivity contribution in [3.63, 3.8) is 0 Å². The van der Waals surface area contributed by atoms with Crippen LogP contribution in [0.15, 0.2) is 0 Å². The number of carboxylic acid groups (broad SMARTS) is 5. The first-order valence-electron chi connectivity index (χ1n) is 26.6. The smallest absolute Gasteiger partial charge is 0.326 e. The van der Waals surface area contributed by atoms with E-state index in [0.29, 0.717) is 38.6 Å². The fraction of sp³-hybridized carbons (Fsp3) is 0.784. The van der Waals surface area contributed by atoms with E-state index in [1.807, 2.05) is 0 Å². The summed E-state index contributed by atoms with van der Waals surface area (Å²) in [4.78, 5) is 133. The van der Waals surface area contributed by atoms with Gasteiger partial charge in [0.05, 0.1) is 12.5 Å². The summed E-state index contributed by atoms with van der Waals surface area (Å²) in [6.45, 7) is 2.41. The maximum atomic E-state index is 12.8. The minimum absolute atomic E-state index is 0.0262. The highest BCUT2D eigenvalue weighted by molar-refractivity contribution is 5.88. The van der Waals surface area contributed by atoms with Crippen LogP contribution in [0.4, 0.5) is 0 Å². The van der Waals surface area contributed by atoms with Gasteiger partial charge in [0.1, 0.15) is 23.9 Å². The number of likely N-dealkylation sites (N-methyl/N-ethyl adjacent to an activating group) is 1. The molecule has 0 bridgehead atoms. The van der Waals surface area contributed by atoms with Gasteiger partial charge >= 0.3 is 29.8 Å². The van der Waals surface area contributed by atoms with Gasteiger partial charge in [-0.1, -0.05) is 96.8 Å². The molecule has 0 aromatic carbocycles. The van der Waals surface area contributed by atoms with Crippen LogP contribution in [0.25, 0.3) is 0 Å². The Morgan fingerprint density at radius 3 is 1.14 bits per heavy atom. The van der Waals surface area contributed by atoms with Crippen LogP contribution in [-0.4, -0.2) is 134 Å². The van der Waals surface area contributed by atoms with E-state index in [0.717, 1.165) is 89.9 Å². The number of unbranched alkanes of at least 4 members (excludes halogenated alkanes) is 16. The van der Waals surface area contributed by atoms with Gasteiger partial charge in [0.15, 0.2) is 0 Å². The molecule has 0 saturated carbocycles. The number of hydrogen-bond acceptors (Lipinski definition) is 12. The molecule has 22 nitrogen and oxygen atoms in total. The predicted molar refractivity (Wildman–Crippen MR) is 270 cm³/mol. The Bertz CT molecular complexity index is 1700. The van der Waals surface area contributed by atoms with Crippen LogP contribution < -0.4 is 31.9 Å². The van der Waals surface area contributed by atoms with Crippen molar-refractivity contribution < 1.29 is 78.3 Å². The molecule has 11 N–H and O–H groups in total. The first-order valence-corrected chi connectivity index (χ1v) is 26.6. The number of carbonyl (C=O) groups is 11. The van der Waals surface area contributed by atoms with E-state index in [-0.39, 0.29) is 49.8 Å². The van der Waals surface area contributed by atoms with E-state index in [1.165, 1.54) is 12.8 Å². The molecule has 418 valence electrons. The zero-order valence-corrected chi connectivity index (χ0v) is 43.4. The summed E-state index contributed by atoms with van der Waals surface area (Å²) in [5, 5.41) is 62.2. The van der Waals surface area contributed by atoms with Gasteiger partial charge in [-0.05, 0) is 71.3 Å². The molecule has 5 atom stereocenters. The lowest BCUT2D eigenvalue weighted by molar-refractivity contribution is -0.144. The highest BCUT2D eigenvalue weighted by Gasteiger charge is 2.27. The summed E-state index contributed by atoms with van der Waals surface area (Å²) in [6.07, 6.45) is 16.4. The lowest BCUT2D eigenvalue weighted by Gasteiger charge is -2.19. The van der Waals surface area contributed by atoms with Gasteiger partial charge in [0.2, 0.25) is 29.5 Å². The van der Waals surface area contributed by atoms with Crippen LogP contribution in [0.5, 0.6) is 0 Å². The predicted octanol–water partition coefficient (Wildman–Crippen LogP) is 5.13. The second-order valence-electron chi connectivity index (χ2n) is 18.8. The number of carboxylic acids is 5. The third-order valence-electron chi connectivity index (χ3n) is 12.4. The number of rotatable bonds is 49. The van der Waals surface area contributed by atoms with Crippen molar-refractivity contribution in [2.24, 2.45) is 0 Å². The van der Waals surface area contributed by atoms with E-state index in [2.05, 4.69) is 38.8 Å². The monoisotopic (exact) mass is 1040 g/mol. The van der Waals surface area contributed by atoms with Gasteiger partial charge in [-0.2, -0.15) is 0 Å². The Hall–Kier alpha value is -5.67. The van der Waals surface area contributed by atoms with E-state index in [9.17, 15) is 73.2 Å². The lowest BCUT2D eigenvalue weighted by Crippen LogP contribution is -2.45. The number of aliphatic carboxylic acids is 5. The van der Waals surface area contributed by atoms with Crippen LogP contribution >= 0.6 is 0 Å². The van der Waals surface area contributed by atoms with E-state index in [1.54, 1.807) is 7.05 Å². The average Bonchev–Trinajstić information content (AvgIpc) is 3.32. The summed E-state index contributed by atoms with van der Waals surface area (Å²) in [5.74, 6) is -9.57. The molecule has 22 heteroatoms. The average molecular weight is 1040 g/mol. The molecule has 0 radical (unpaired) electrons. The molecule has 0 fully saturated rings. The SMILES string of the molecule is CCCCCC(=O)C(CCCCNC(=O)CCC(CC(=O)O)NC(=O)CCC(NC(=O)CCC(NC(=O)CCC(NC(=O)CCCCCCCCCCCCCCCCC(=O)O)C(=O)O)C(=O)O)C(=O)O)NC. The van der Waals surface area contributed by atoms with Crippen molar-refractivity contribution in [1.82, 2.24) is 31.9 Å². The van der Waals surface area contributed by atoms with Gasteiger partial charge < -0.3 is 57.4 Å². The largest absolute Gasteiger partial charge is 0.481 e. The fourth-order valence-corrected chi connectivity index (χ4v) is 8.10. The van der Waals surface area contributed by atoms with Crippen molar-refractivity contribution in [1.29, 1.82) is 0 Å². The third kappa shape index (κ3) is 38.6. The van der Waals surface area contributed by atoms with E-state index in [4.69, 9.17) is 5.11 Å². The number of nitrogens with one attached hydrogen (secondary N) is 6. The lowest BCUT2D eigenvalue weighted by atomic mass is 10.0. The molecule has 0 aliphatic carbocycles. The Morgan fingerprint density at radius 1 is 0.356 bits per heavy atom. The van der Waals surface area contributed by atoms with Crippen molar-refractivity contribution in [3.05, 3.63) is 0 Å². The second-order valence-corrected chi connectivity index (χ2v) is 18.8. The summed E-state index contributed by atoms with van der Waals surface area (Å²) in [5.41, 5.74) is 0. The Kier molecular flexibility index (Phi) is 39.5. The maximum Gasteiger partial charge on any atom is 0.326 e. The maximum absolute atomic E-state index is 12.8. The Balaban J connectivity index is 4.65. The van der Waals surface area contributed by atoms with Gasteiger partial charge in [-0.15, -0.1) is 0 Å². The molecular formula is C51H88N6O16. The zero-order valence-electron chi connectivity index (χ0n) is 43.4. The molecule has 0 aliphatic rings. The molecule has 0 aromatic heterocycles. The zero-order chi connectivity index (χ0) is 54.8. The van der Waals surface area contributed by atoms with Crippen LogP contribution in [0.1, 0.15) is 212 Å². The van der Waals surface area contributed by atoms with Crippen molar-refractivity contribution >= 4 is 65.2 Å². The molecule has 0 spiro atoms. The summed E-state index contributed by atoms with van der Waals surface area (Å²) in [7, 11) is 1.74. The molecule has 0 saturated heterocycles. The van der Waals surface area contributed by atoms with Crippen molar-refractivity contribution in [3.8, 4) is 0 Å². The van der Waals surface area contributed by atoms with Crippen molar-refractivity contribution in [2.75, 3.05) is 13.6 Å². The van der Waals surface area contributed by atoms with Crippen LogP contribution in [0.3, 0.4) is 0 Å². The standard InChI is InChI=1S/C51H88N6O16/c1-3-4-17-23-41(58)37(52-2)22-20-21-34-53-42(59)30-26-36(35-48(66)67)54-44(61)31-27-39(50(70)71)56-46(63)33-29-40(51(72)73)57-45(62)32-28-38(49(68)69)55-43(60)24-18-15-13-11-9-7-5-6-8-10-12-14-16-19-25-47(64)65/h36-40,52H,3-35H2,1-2H3,(H,53,59)(H,54,61)(H,55,60)(H,56,63)(H,57,62)(H,64,65)(H,66,67)(H,68,69)(H,70,71)(H,72,73). The van der Waals surface area contributed by atoms with E-state index < -0.39 is 116 Å². The van der Waals surface area contributed by atoms with Crippen LogP contribution in [0, 0.1) is 0 Å².